The summed E-state index contributed by atoms with van der Waals surface area (Å²) in [5, 5.41) is 2.87. The molecule has 2 aromatic carbocycles. The van der Waals surface area contributed by atoms with E-state index >= 15 is 0 Å². The lowest BCUT2D eigenvalue weighted by molar-refractivity contribution is 0.102. The van der Waals surface area contributed by atoms with E-state index in [1.54, 1.807) is 31.4 Å². The minimum Gasteiger partial charge on any atom is -0.495 e. The second kappa shape index (κ2) is 6.64. The fraction of sp³-hybridized carbons (Fsp3) is 0.316. The van der Waals surface area contributed by atoms with Crippen molar-refractivity contribution in [3.8, 4) is 5.75 Å². The first-order chi connectivity index (χ1) is 12.2. The van der Waals surface area contributed by atoms with Crippen LogP contribution < -0.4 is 14.4 Å². The van der Waals surface area contributed by atoms with E-state index in [1.807, 2.05) is 26.0 Å². The molecule has 0 radical (unpaired) electrons. The summed E-state index contributed by atoms with van der Waals surface area (Å²) in [6.07, 6.45) is 1.78. The molecule has 0 saturated carbocycles. The largest absolute Gasteiger partial charge is 0.495 e. The smallest absolute Gasteiger partial charge is 0.255 e. The van der Waals surface area contributed by atoms with Crippen LogP contribution in [0.25, 0.3) is 0 Å². The van der Waals surface area contributed by atoms with Gasteiger partial charge in [0.05, 0.1) is 24.7 Å². The van der Waals surface area contributed by atoms with Crippen LogP contribution in [0.3, 0.4) is 0 Å². The molecule has 0 saturated heterocycles. The third kappa shape index (κ3) is 3.39. The van der Waals surface area contributed by atoms with Crippen molar-refractivity contribution in [2.24, 2.45) is 0 Å². The highest BCUT2D eigenvalue weighted by atomic mass is 32.2. The number of nitrogens with zero attached hydrogens (tertiary/aromatic N) is 1. The van der Waals surface area contributed by atoms with Gasteiger partial charge < -0.3 is 10.1 Å². The maximum atomic E-state index is 12.7. The lowest BCUT2D eigenvalue weighted by atomic mass is 10.1. The van der Waals surface area contributed by atoms with Crippen molar-refractivity contribution in [3.63, 3.8) is 0 Å². The molecule has 26 heavy (non-hydrogen) atoms. The van der Waals surface area contributed by atoms with E-state index in [9.17, 15) is 13.2 Å². The Hall–Kier alpha value is -2.54. The van der Waals surface area contributed by atoms with Crippen molar-refractivity contribution in [2.75, 3.05) is 23.0 Å². The molecular weight excluding hydrogens is 352 g/mol. The van der Waals surface area contributed by atoms with E-state index in [0.717, 1.165) is 11.1 Å². The Bertz CT molecular complexity index is 969. The lowest BCUT2D eigenvalue weighted by Crippen LogP contribution is -2.34. The Balaban J connectivity index is 1.90. The lowest BCUT2D eigenvalue weighted by Gasteiger charge is -2.21. The number of hydrogen-bond acceptors (Lipinski definition) is 4. The molecule has 1 amide bonds. The van der Waals surface area contributed by atoms with Crippen molar-refractivity contribution in [1.29, 1.82) is 0 Å². The highest BCUT2D eigenvalue weighted by molar-refractivity contribution is 7.92. The highest BCUT2D eigenvalue weighted by Gasteiger charge is 2.32. The number of benzene rings is 2. The zero-order valence-corrected chi connectivity index (χ0v) is 16.1. The third-order valence-corrected chi connectivity index (χ3v) is 5.73. The molecule has 7 heteroatoms. The minimum atomic E-state index is -3.34. The molecule has 0 aromatic heterocycles. The first-order valence-electron chi connectivity index (χ1n) is 8.29. The first kappa shape index (κ1) is 18.3. The number of rotatable bonds is 4. The van der Waals surface area contributed by atoms with Gasteiger partial charge in [0.15, 0.2) is 0 Å². The fourth-order valence-corrected chi connectivity index (χ4v) is 4.63. The number of nitrogens with one attached hydrogen (secondary N) is 1. The van der Waals surface area contributed by atoms with Crippen LogP contribution in [0.2, 0.25) is 0 Å². The van der Waals surface area contributed by atoms with Gasteiger partial charge in [-0.2, -0.15) is 0 Å². The quantitative estimate of drug-likeness (QED) is 0.893. The van der Waals surface area contributed by atoms with E-state index in [2.05, 4.69) is 5.32 Å². The van der Waals surface area contributed by atoms with Crippen LogP contribution in [0.4, 0.5) is 11.4 Å². The molecule has 0 aliphatic carbocycles. The average Bonchev–Trinajstić information content (AvgIpc) is 2.89. The van der Waals surface area contributed by atoms with Crippen molar-refractivity contribution in [2.45, 2.75) is 26.3 Å². The van der Waals surface area contributed by atoms with Crippen LogP contribution in [0, 0.1) is 6.92 Å². The van der Waals surface area contributed by atoms with E-state index < -0.39 is 10.0 Å². The highest BCUT2D eigenvalue weighted by Crippen LogP contribution is 2.35. The molecule has 138 valence electrons. The summed E-state index contributed by atoms with van der Waals surface area (Å²) in [5.41, 5.74) is 3.59. The summed E-state index contributed by atoms with van der Waals surface area (Å²) in [4.78, 5) is 12.7. The fourth-order valence-electron chi connectivity index (χ4n) is 3.36. The first-order valence-corrected chi connectivity index (χ1v) is 10.1. The van der Waals surface area contributed by atoms with Gasteiger partial charge >= 0.3 is 0 Å². The SMILES string of the molecule is COc1ccc(C)cc1NC(=O)c1ccc2c(c1)C[C@@H](C)N2S(C)(=O)=O. The van der Waals surface area contributed by atoms with Crippen LogP contribution in [-0.4, -0.2) is 33.7 Å². The van der Waals surface area contributed by atoms with Crippen molar-refractivity contribution in [1.82, 2.24) is 0 Å². The Morgan fingerprint density at radius 3 is 2.62 bits per heavy atom. The second-order valence-corrected chi connectivity index (χ2v) is 8.47. The van der Waals surface area contributed by atoms with Gasteiger partial charge in [-0.1, -0.05) is 6.07 Å². The van der Waals surface area contributed by atoms with Crippen molar-refractivity contribution in [3.05, 3.63) is 53.1 Å². The Morgan fingerprint density at radius 2 is 1.96 bits per heavy atom. The van der Waals surface area contributed by atoms with Crippen molar-refractivity contribution < 1.29 is 17.9 Å². The maximum Gasteiger partial charge on any atom is 0.255 e. The molecule has 0 unspecified atom stereocenters. The summed E-state index contributed by atoms with van der Waals surface area (Å²) >= 11 is 0. The molecule has 1 aliphatic heterocycles. The number of aryl methyl sites for hydroxylation is 1. The summed E-state index contributed by atoms with van der Waals surface area (Å²) < 4.78 is 30.7. The molecular formula is C19H22N2O4S. The molecule has 0 bridgehead atoms. The number of carbonyl (C=O) groups is 1. The van der Waals surface area contributed by atoms with Crippen LogP contribution in [-0.2, 0) is 16.4 Å². The maximum absolute atomic E-state index is 12.7. The van der Waals surface area contributed by atoms with Crippen molar-refractivity contribution >= 4 is 27.3 Å². The van der Waals surface area contributed by atoms with Gasteiger partial charge in [0, 0.05) is 11.6 Å². The summed E-state index contributed by atoms with van der Waals surface area (Å²) in [6, 6.07) is 10.5. The third-order valence-electron chi connectivity index (χ3n) is 4.46. The predicted molar refractivity (Wildman–Crippen MR) is 103 cm³/mol. The van der Waals surface area contributed by atoms with Gasteiger partial charge in [-0.3, -0.25) is 9.10 Å². The zero-order valence-electron chi connectivity index (χ0n) is 15.2. The molecule has 1 N–H and O–H groups in total. The van der Waals surface area contributed by atoms with Crippen LogP contribution >= 0.6 is 0 Å². The molecule has 0 fully saturated rings. The number of sulfonamides is 1. The molecule has 1 heterocycles. The standard InChI is InChI=1S/C19H22N2O4S/c1-12-5-8-18(25-3)16(9-12)20-19(22)14-6-7-17-15(11-14)10-13(2)21(17)26(4,23)24/h5-9,11,13H,10H2,1-4H3,(H,20,22)/t13-/m1/s1. The Kier molecular flexibility index (Phi) is 4.66. The molecule has 2 aromatic rings. The number of amides is 1. The number of carbonyl (C=O) groups excluding carboxylic acids is 1. The summed E-state index contributed by atoms with van der Waals surface area (Å²) in [7, 11) is -1.79. The molecule has 6 nitrogen and oxygen atoms in total. The average molecular weight is 374 g/mol. The minimum absolute atomic E-state index is 0.157. The van der Waals surface area contributed by atoms with E-state index in [0.29, 0.717) is 29.1 Å². The zero-order chi connectivity index (χ0) is 19.1. The van der Waals surface area contributed by atoms with E-state index in [4.69, 9.17) is 4.74 Å². The number of methoxy groups -OCH3 is 1. The van der Waals surface area contributed by atoms with Gasteiger partial charge in [0.2, 0.25) is 10.0 Å². The van der Waals surface area contributed by atoms with Gasteiger partial charge in [-0.25, -0.2) is 8.42 Å². The van der Waals surface area contributed by atoms with Gasteiger partial charge in [0.1, 0.15) is 5.75 Å². The number of ether oxygens (including phenoxy) is 1. The van der Waals surface area contributed by atoms with Gasteiger partial charge in [-0.15, -0.1) is 0 Å². The summed E-state index contributed by atoms with van der Waals surface area (Å²) in [6.45, 7) is 3.80. The van der Waals surface area contributed by atoms with Gasteiger partial charge in [0.25, 0.3) is 5.91 Å². The van der Waals surface area contributed by atoms with Crippen LogP contribution in [0.15, 0.2) is 36.4 Å². The predicted octanol–water partition coefficient (Wildman–Crippen LogP) is 2.97. The molecule has 0 spiro atoms. The molecule has 1 atom stereocenters. The number of fused-ring (bicyclic) bond motifs is 1. The van der Waals surface area contributed by atoms with E-state index in [1.165, 1.54) is 10.6 Å². The second-order valence-electron chi connectivity index (χ2n) is 6.61. The number of hydrogen-bond donors (Lipinski definition) is 1. The summed E-state index contributed by atoms with van der Waals surface area (Å²) in [5.74, 6) is 0.323. The molecule has 3 rings (SSSR count). The van der Waals surface area contributed by atoms with Gasteiger partial charge in [-0.05, 0) is 61.7 Å². The normalized spacial score (nSPS) is 16.3. The number of anilines is 2. The Labute approximate surface area is 153 Å². The van der Waals surface area contributed by atoms with Crippen LogP contribution in [0.5, 0.6) is 5.75 Å². The topological polar surface area (TPSA) is 75.7 Å². The molecule has 1 aliphatic rings. The van der Waals surface area contributed by atoms with Crippen LogP contribution in [0.1, 0.15) is 28.4 Å². The monoisotopic (exact) mass is 374 g/mol. The van der Waals surface area contributed by atoms with E-state index in [-0.39, 0.29) is 11.9 Å². The Morgan fingerprint density at radius 1 is 1.23 bits per heavy atom.